The molecule has 27 heavy (non-hydrogen) atoms. The number of fused-ring (bicyclic) bond motifs is 2. The van der Waals surface area contributed by atoms with Crippen LogP contribution in [-0.4, -0.2) is 41.9 Å². The Morgan fingerprint density at radius 3 is 2.78 bits per heavy atom. The predicted molar refractivity (Wildman–Crippen MR) is 111 cm³/mol. The summed E-state index contributed by atoms with van der Waals surface area (Å²) in [4.78, 5) is 27.7. The Morgan fingerprint density at radius 2 is 2.00 bits per heavy atom. The van der Waals surface area contributed by atoms with Crippen molar-refractivity contribution in [1.29, 1.82) is 0 Å². The van der Waals surface area contributed by atoms with E-state index >= 15 is 0 Å². The number of rotatable bonds is 3. The number of halogens is 2. The van der Waals surface area contributed by atoms with E-state index in [1.54, 1.807) is 24.3 Å². The van der Waals surface area contributed by atoms with E-state index in [4.69, 9.17) is 11.6 Å². The molecule has 2 fully saturated rings. The molecule has 2 atom stereocenters. The van der Waals surface area contributed by atoms with Gasteiger partial charge in [-0.3, -0.25) is 9.59 Å². The van der Waals surface area contributed by atoms with E-state index in [9.17, 15) is 9.59 Å². The number of thiophene rings is 1. The third-order valence-corrected chi connectivity index (χ3v) is 6.22. The molecular formula is C19H21Cl2N3O2S. The maximum Gasteiger partial charge on any atom is 0.265 e. The van der Waals surface area contributed by atoms with Gasteiger partial charge in [0.05, 0.1) is 15.6 Å². The predicted octanol–water partition coefficient (Wildman–Crippen LogP) is 4.04. The van der Waals surface area contributed by atoms with E-state index in [1.807, 2.05) is 16.3 Å². The van der Waals surface area contributed by atoms with Crippen LogP contribution in [0.25, 0.3) is 0 Å². The highest BCUT2D eigenvalue weighted by molar-refractivity contribution is 7.12. The second-order valence-electron chi connectivity index (χ2n) is 6.80. The van der Waals surface area contributed by atoms with E-state index in [-0.39, 0.29) is 24.2 Å². The van der Waals surface area contributed by atoms with Crippen LogP contribution in [0.15, 0.2) is 35.7 Å². The molecule has 1 aromatic heterocycles. The van der Waals surface area contributed by atoms with Gasteiger partial charge in [0.25, 0.3) is 11.8 Å². The van der Waals surface area contributed by atoms with E-state index in [1.165, 1.54) is 17.8 Å². The lowest BCUT2D eigenvalue weighted by Gasteiger charge is -2.24. The summed E-state index contributed by atoms with van der Waals surface area (Å²) >= 11 is 7.58. The summed E-state index contributed by atoms with van der Waals surface area (Å²) in [5.74, 6) is -0.231. The van der Waals surface area contributed by atoms with Crippen LogP contribution in [-0.2, 0) is 0 Å². The molecule has 2 saturated heterocycles. The molecule has 3 heterocycles. The smallest absolute Gasteiger partial charge is 0.265 e. The fourth-order valence-corrected chi connectivity index (χ4v) is 4.44. The molecule has 8 heteroatoms. The zero-order valence-corrected chi connectivity index (χ0v) is 17.0. The van der Waals surface area contributed by atoms with Gasteiger partial charge in [0, 0.05) is 30.7 Å². The third-order valence-electron chi connectivity index (χ3n) is 5.02. The molecule has 1 aromatic carbocycles. The Balaban J connectivity index is 0.00000210. The molecule has 2 N–H and O–H groups in total. The monoisotopic (exact) mass is 425 g/mol. The normalized spacial score (nSPS) is 21.3. The van der Waals surface area contributed by atoms with Gasteiger partial charge in [0.1, 0.15) is 0 Å². The minimum atomic E-state index is -0.220. The highest BCUT2D eigenvalue weighted by atomic mass is 35.5. The van der Waals surface area contributed by atoms with Gasteiger partial charge in [-0.1, -0.05) is 17.7 Å². The molecular weight excluding hydrogens is 405 g/mol. The summed E-state index contributed by atoms with van der Waals surface area (Å²) in [6, 6.07) is 9.56. The SMILES string of the molecule is Cl.O=C(Nc1cc(C(=O)N2CCC3CCC(C2)N3)ccc1Cl)c1cccs1. The van der Waals surface area contributed by atoms with Crippen LogP contribution < -0.4 is 10.6 Å². The second-order valence-corrected chi connectivity index (χ2v) is 8.16. The number of hydrogen-bond donors (Lipinski definition) is 2. The minimum absolute atomic E-state index is 0. The Morgan fingerprint density at radius 1 is 1.19 bits per heavy atom. The average molecular weight is 426 g/mol. The van der Waals surface area contributed by atoms with Gasteiger partial charge in [-0.25, -0.2) is 0 Å². The summed E-state index contributed by atoms with van der Waals surface area (Å²) < 4.78 is 0. The van der Waals surface area contributed by atoms with Crippen LogP contribution in [0.4, 0.5) is 5.69 Å². The number of carbonyl (C=O) groups is 2. The Hall–Kier alpha value is -1.60. The fraction of sp³-hybridized carbons (Fsp3) is 0.368. The van der Waals surface area contributed by atoms with Gasteiger partial charge >= 0.3 is 0 Å². The number of amides is 2. The van der Waals surface area contributed by atoms with Crippen molar-refractivity contribution >= 4 is 52.8 Å². The third kappa shape index (κ3) is 4.46. The Kier molecular flexibility index (Phi) is 6.42. The van der Waals surface area contributed by atoms with Gasteiger partial charge in [0.15, 0.2) is 0 Å². The molecule has 0 saturated carbocycles. The summed E-state index contributed by atoms with van der Waals surface area (Å²) in [5.41, 5.74) is 1.01. The molecule has 0 aliphatic carbocycles. The number of likely N-dealkylation sites (tertiary alicyclic amines) is 1. The van der Waals surface area contributed by atoms with Crippen LogP contribution in [0.1, 0.15) is 39.3 Å². The zero-order valence-electron chi connectivity index (χ0n) is 14.6. The lowest BCUT2D eigenvalue weighted by Crippen LogP contribution is -2.39. The Bertz CT molecular complexity index is 828. The summed E-state index contributed by atoms with van der Waals surface area (Å²) in [5, 5.41) is 8.65. The maximum absolute atomic E-state index is 13.0. The number of benzene rings is 1. The first-order chi connectivity index (χ1) is 12.6. The molecule has 0 radical (unpaired) electrons. The first kappa shape index (κ1) is 20.1. The first-order valence-electron chi connectivity index (χ1n) is 8.80. The molecule has 2 unspecified atom stereocenters. The number of hydrogen-bond acceptors (Lipinski definition) is 4. The summed E-state index contributed by atoms with van der Waals surface area (Å²) in [7, 11) is 0. The second kappa shape index (κ2) is 8.61. The summed E-state index contributed by atoms with van der Waals surface area (Å²) in [6.45, 7) is 1.49. The van der Waals surface area contributed by atoms with Crippen molar-refractivity contribution in [2.24, 2.45) is 0 Å². The van der Waals surface area contributed by atoms with Crippen molar-refractivity contribution in [2.45, 2.75) is 31.3 Å². The first-order valence-corrected chi connectivity index (χ1v) is 10.1. The van der Waals surface area contributed by atoms with E-state index in [0.29, 0.717) is 33.2 Å². The van der Waals surface area contributed by atoms with Crippen LogP contribution in [0.2, 0.25) is 5.02 Å². The molecule has 2 aromatic rings. The summed E-state index contributed by atoms with van der Waals surface area (Å²) in [6.07, 6.45) is 3.31. The van der Waals surface area contributed by atoms with Gasteiger partial charge in [-0.05, 0) is 48.9 Å². The molecule has 5 nitrogen and oxygen atoms in total. The highest BCUT2D eigenvalue weighted by Crippen LogP contribution is 2.26. The molecule has 2 bridgehead atoms. The number of carbonyl (C=O) groups excluding carboxylic acids is 2. The molecule has 0 spiro atoms. The lowest BCUT2D eigenvalue weighted by atomic mass is 10.1. The number of nitrogens with zero attached hydrogens (tertiary/aromatic N) is 1. The molecule has 144 valence electrons. The van der Waals surface area contributed by atoms with Crippen molar-refractivity contribution in [3.63, 3.8) is 0 Å². The van der Waals surface area contributed by atoms with Crippen LogP contribution in [0.5, 0.6) is 0 Å². The minimum Gasteiger partial charge on any atom is -0.337 e. The van der Waals surface area contributed by atoms with Crippen molar-refractivity contribution in [1.82, 2.24) is 10.2 Å². The fourth-order valence-electron chi connectivity index (χ4n) is 3.66. The van der Waals surface area contributed by atoms with Gasteiger partial charge < -0.3 is 15.5 Å². The maximum atomic E-state index is 13.0. The zero-order chi connectivity index (χ0) is 18.1. The molecule has 4 rings (SSSR count). The standard InChI is InChI=1S/C19H20ClN3O2S.ClH/c20-15-6-3-12(10-16(15)22-18(24)17-2-1-9-26-17)19(25)23-8-7-13-4-5-14(11-23)21-13;/h1-3,6,9-10,13-14,21H,4-5,7-8,11H2,(H,22,24);1H. The molecule has 2 aliphatic heterocycles. The van der Waals surface area contributed by atoms with Crippen molar-refractivity contribution in [3.8, 4) is 0 Å². The largest absolute Gasteiger partial charge is 0.337 e. The topological polar surface area (TPSA) is 61.4 Å². The Labute approximate surface area is 173 Å². The van der Waals surface area contributed by atoms with Crippen LogP contribution >= 0.6 is 35.3 Å². The van der Waals surface area contributed by atoms with Crippen molar-refractivity contribution in [2.75, 3.05) is 18.4 Å². The van der Waals surface area contributed by atoms with E-state index < -0.39 is 0 Å². The van der Waals surface area contributed by atoms with Crippen LogP contribution in [0, 0.1) is 0 Å². The van der Waals surface area contributed by atoms with Crippen molar-refractivity contribution < 1.29 is 9.59 Å². The number of anilines is 1. The van der Waals surface area contributed by atoms with Crippen LogP contribution in [0.3, 0.4) is 0 Å². The number of nitrogens with one attached hydrogen (secondary N) is 2. The van der Waals surface area contributed by atoms with Gasteiger partial charge in [0.2, 0.25) is 0 Å². The quantitative estimate of drug-likeness (QED) is 0.779. The highest BCUT2D eigenvalue weighted by Gasteiger charge is 2.31. The van der Waals surface area contributed by atoms with E-state index in [0.717, 1.165) is 25.9 Å². The lowest BCUT2D eigenvalue weighted by molar-refractivity contribution is 0.0748. The average Bonchev–Trinajstić information content (AvgIpc) is 3.26. The van der Waals surface area contributed by atoms with Gasteiger partial charge in [-0.15, -0.1) is 23.7 Å². The molecule has 2 aliphatic rings. The molecule has 2 amide bonds. The van der Waals surface area contributed by atoms with E-state index in [2.05, 4.69) is 10.6 Å². The van der Waals surface area contributed by atoms with Crippen molar-refractivity contribution in [3.05, 3.63) is 51.2 Å². The van der Waals surface area contributed by atoms with Gasteiger partial charge in [-0.2, -0.15) is 0 Å².